The highest BCUT2D eigenvalue weighted by Gasteiger charge is 2.07. The van der Waals surface area contributed by atoms with Crippen molar-refractivity contribution in [3.8, 4) is 0 Å². The topological polar surface area (TPSA) is 83.8 Å². The molecule has 35 heavy (non-hydrogen) atoms. The van der Waals surface area contributed by atoms with Crippen LogP contribution in [-0.4, -0.2) is 47.6 Å². The minimum atomic E-state index is 0.475. The molecule has 1 aromatic heterocycles. The molecule has 1 aromatic rings. The van der Waals surface area contributed by atoms with Crippen LogP contribution in [0.1, 0.15) is 60.8 Å². The quantitative estimate of drug-likeness (QED) is 0.331. The first-order chi connectivity index (χ1) is 16.9. The maximum atomic E-state index is 5.69. The molecule has 0 radical (unpaired) electrons. The summed E-state index contributed by atoms with van der Waals surface area (Å²) in [5.41, 5.74) is 4.50. The predicted molar refractivity (Wildman–Crippen MR) is 149 cm³/mol. The van der Waals surface area contributed by atoms with Gasteiger partial charge in [-0.2, -0.15) is 4.98 Å². The summed E-state index contributed by atoms with van der Waals surface area (Å²) in [6.45, 7) is 15.9. The summed E-state index contributed by atoms with van der Waals surface area (Å²) >= 11 is 0. The summed E-state index contributed by atoms with van der Waals surface area (Å²) in [6.07, 6.45) is 14.6. The van der Waals surface area contributed by atoms with Gasteiger partial charge in [-0.1, -0.05) is 26.3 Å². The average molecular weight is 479 g/mol. The molecule has 0 bridgehead atoms. The van der Waals surface area contributed by atoms with Crippen molar-refractivity contribution < 1.29 is 4.74 Å². The number of hydrogen-bond acceptors (Lipinski definition) is 7. The fraction of sp³-hybridized carbons (Fsp3) is 0.500. The van der Waals surface area contributed by atoms with Crippen LogP contribution in [0.5, 0.6) is 0 Å². The van der Waals surface area contributed by atoms with Crippen molar-refractivity contribution in [1.82, 2.24) is 15.3 Å². The SMILES string of the molecule is CCNCC(C)/C(=C\C(C)=Nc1ccnc(NCC/C2=C/N=C(C)/C=C\C(OCC)=CC2)n1)CC. The van der Waals surface area contributed by atoms with Crippen LogP contribution < -0.4 is 10.6 Å². The highest BCUT2D eigenvalue weighted by Crippen LogP contribution is 2.17. The zero-order chi connectivity index (χ0) is 25.5. The Morgan fingerprint density at radius 1 is 1.26 bits per heavy atom. The van der Waals surface area contributed by atoms with E-state index >= 15 is 0 Å². The lowest BCUT2D eigenvalue weighted by Gasteiger charge is -2.15. The van der Waals surface area contributed by atoms with E-state index in [0.29, 0.717) is 30.8 Å². The van der Waals surface area contributed by atoms with Gasteiger partial charge in [0.05, 0.1) is 6.61 Å². The van der Waals surface area contributed by atoms with Gasteiger partial charge in [-0.15, -0.1) is 0 Å². The van der Waals surface area contributed by atoms with Gasteiger partial charge in [0.15, 0.2) is 5.82 Å². The molecule has 0 saturated heterocycles. The van der Waals surface area contributed by atoms with E-state index < -0.39 is 0 Å². The van der Waals surface area contributed by atoms with E-state index in [1.165, 1.54) is 11.1 Å². The van der Waals surface area contributed by atoms with E-state index in [1.54, 1.807) is 6.20 Å². The number of aliphatic imine (C=N–C) groups is 2. The monoisotopic (exact) mass is 478 g/mol. The van der Waals surface area contributed by atoms with Crippen molar-refractivity contribution in [1.29, 1.82) is 0 Å². The van der Waals surface area contributed by atoms with E-state index in [2.05, 4.69) is 58.5 Å². The molecular weight excluding hydrogens is 436 g/mol. The molecule has 1 unspecified atom stereocenters. The Hall–Kier alpha value is -3.06. The summed E-state index contributed by atoms with van der Waals surface area (Å²) in [6, 6.07) is 1.83. The van der Waals surface area contributed by atoms with E-state index in [1.807, 2.05) is 45.2 Å². The second-order valence-electron chi connectivity index (χ2n) is 8.58. The van der Waals surface area contributed by atoms with Crippen molar-refractivity contribution >= 4 is 23.2 Å². The second kappa shape index (κ2) is 15.8. The van der Waals surface area contributed by atoms with Gasteiger partial charge in [-0.3, -0.25) is 4.99 Å². The van der Waals surface area contributed by atoms with Crippen molar-refractivity contribution in [3.63, 3.8) is 0 Å². The molecule has 2 rings (SSSR count). The highest BCUT2D eigenvalue weighted by atomic mass is 16.5. The van der Waals surface area contributed by atoms with Crippen LogP contribution >= 0.6 is 0 Å². The van der Waals surface area contributed by atoms with Gasteiger partial charge in [-0.25, -0.2) is 9.98 Å². The molecule has 7 nitrogen and oxygen atoms in total. The normalized spacial score (nSPS) is 19.8. The number of rotatable bonds is 13. The van der Waals surface area contributed by atoms with Gasteiger partial charge < -0.3 is 15.4 Å². The van der Waals surface area contributed by atoms with Crippen LogP contribution in [0.2, 0.25) is 0 Å². The third-order valence-electron chi connectivity index (χ3n) is 5.61. The number of hydrogen-bond donors (Lipinski definition) is 2. The van der Waals surface area contributed by atoms with Crippen LogP contribution in [0.15, 0.2) is 69.7 Å². The van der Waals surface area contributed by atoms with Gasteiger partial charge in [0.2, 0.25) is 5.95 Å². The molecule has 0 aromatic carbocycles. The Morgan fingerprint density at radius 3 is 2.83 bits per heavy atom. The largest absolute Gasteiger partial charge is 0.494 e. The number of allylic oxidation sites excluding steroid dienone is 4. The number of anilines is 1. The second-order valence-corrected chi connectivity index (χ2v) is 8.58. The lowest BCUT2D eigenvalue weighted by molar-refractivity contribution is 0.241. The number of nitrogens with zero attached hydrogens (tertiary/aromatic N) is 4. The highest BCUT2D eigenvalue weighted by molar-refractivity contribution is 5.95. The Balaban J connectivity index is 2.01. The molecule has 1 atom stereocenters. The summed E-state index contributed by atoms with van der Waals surface area (Å²) in [5, 5.41) is 6.75. The predicted octanol–water partition coefficient (Wildman–Crippen LogP) is 6.18. The Morgan fingerprint density at radius 2 is 2.09 bits per heavy atom. The minimum Gasteiger partial charge on any atom is -0.494 e. The molecule has 2 heterocycles. The first-order valence-electron chi connectivity index (χ1n) is 12.7. The van der Waals surface area contributed by atoms with Gasteiger partial charge in [0.25, 0.3) is 0 Å². The third-order valence-corrected chi connectivity index (χ3v) is 5.61. The lowest BCUT2D eigenvalue weighted by atomic mass is 9.97. The average Bonchev–Trinajstić information content (AvgIpc) is 2.93. The van der Waals surface area contributed by atoms with E-state index in [0.717, 1.165) is 49.5 Å². The Labute approximate surface area is 211 Å². The fourth-order valence-electron chi connectivity index (χ4n) is 3.63. The maximum Gasteiger partial charge on any atom is 0.224 e. The summed E-state index contributed by atoms with van der Waals surface area (Å²) < 4.78 is 5.69. The third kappa shape index (κ3) is 10.8. The van der Waals surface area contributed by atoms with Crippen LogP contribution in [0.4, 0.5) is 11.8 Å². The standard InChI is InChI=1S/C28H42N6O/c1-7-25(21(4)19-29-8-2)18-23(6)33-27-15-17-31-28(34-27)30-16-14-24-11-13-26(35-9-3)12-10-22(5)32-20-24/h10,12-13,15,17-18,20-21,29H,7-9,11,14,16,19H2,1-6H3,(H,30,31,34)/b12-10-,24-20+,25-18-,26-13?,32-22+,33-23?. The molecule has 0 amide bonds. The summed E-state index contributed by atoms with van der Waals surface area (Å²) in [5.74, 6) is 2.59. The van der Waals surface area contributed by atoms with Gasteiger partial charge in [0.1, 0.15) is 5.76 Å². The first-order valence-corrected chi connectivity index (χ1v) is 12.7. The van der Waals surface area contributed by atoms with Crippen LogP contribution in [0, 0.1) is 5.92 Å². The lowest BCUT2D eigenvalue weighted by Crippen LogP contribution is -2.22. The van der Waals surface area contributed by atoms with Gasteiger partial charge in [0, 0.05) is 43.0 Å². The van der Waals surface area contributed by atoms with E-state index in [4.69, 9.17) is 9.73 Å². The fourth-order valence-corrected chi connectivity index (χ4v) is 3.63. The molecule has 0 saturated carbocycles. The molecular formula is C28H42N6O. The number of aromatic nitrogens is 2. The van der Waals surface area contributed by atoms with Gasteiger partial charge in [-0.05, 0) is 82.4 Å². The molecule has 190 valence electrons. The van der Waals surface area contributed by atoms with Crippen molar-refractivity contribution in [3.05, 3.63) is 59.7 Å². The Kier molecular flexibility index (Phi) is 12.7. The van der Waals surface area contributed by atoms with Crippen LogP contribution in [0.3, 0.4) is 0 Å². The van der Waals surface area contributed by atoms with Crippen molar-refractivity contribution in [2.45, 2.75) is 60.8 Å². The van der Waals surface area contributed by atoms with E-state index in [9.17, 15) is 0 Å². The number of ether oxygens (including phenoxy) is 1. The zero-order valence-electron chi connectivity index (χ0n) is 22.3. The van der Waals surface area contributed by atoms with Crippen molar-refractivity contribution in [2.24, 2.45) is 15.9 Å². The first kappa shape index (κ1) is 28.2. The minimum absolute atomic E-state index is 0.475. The summed E-state index contributed by atoms with van der Waals surface area (Å²) in [7, 11) is 0. The Bertz CT molecular complexity index is 987. The van der Waals surface area contributed by atoms with Crippen molar-refractivity contribution in [2.75, 3.05) is 31.6 Å². The molecule has 7 heteroatoms. The number of nitrogens with one attached hydrogen (secondary N) is 2. The molecule has 0 aliphatic carbocycles. The molecule has 0 fully saturated rings. The molecule has 1 aliphatic rings. The summed E-state index contributed by atoms with van der Waals surface area (Å²) in [4.78, 5) is 18.2. The molecule has 2 N–H and O–H groups in total. The van der Waals surface area contributed by atoms with Crippen LogP contribution in [-0.2, 0) is 4.74 Å². The smallest absolute Gasteiger partial charge is 0.224 e. The van der Waals surface area contributed by atoms with E-state index in [-0.39, 0.29) is 0 Å². The maximum absolute atomic E-state index is 5.69. The zero-order valence-corrected chi connectivity index (χ0v) is 22.3. The molecule has 1 aliphatic heterocycles. The molecule has 0 spiro atoms. The van der Waals surface area contributed by atoms with Gasteiger partial charge >= 0.3 is 0 Å². The van der Waals surface area contributed by atoms with Crippen LogP contribution in [0.25, 0.3) is 0 Å².